The average Bonchev–Trinajstić information content (AvgIpc) is 2.55. The van der Waals surface area contributed by atoms with Gasteiger partial charge in [0.15, 0.2) is 0 Å². The monoisotopic (exact) mass is 417 g/mol. The van der Waals surface area contributed by atoms with Crippen LogP contribution in [-0.2, 0) is 11.2 Å². The fraction of sp³-hybridized carbons (Fsp3) is 0.316. The summed E-state index contributed by atoms with van der Waals surface area (Å²) in [6, 6.07) is 7.36. The zero-order valence-electron chi connectivity index (χ0n) is 14.9. The first-order valence-electron chi connectivity index (χ1n) is 8.25. The number of carbonyl (C=O) groups is 2. The molecule has 2 heterocycles. The molecule has 26 heavy (non-hydrogen) atoms. The number of pyridine rings is 1. The van der Waals surface area contributed by atoms with E-state index in [1.807, 2.05) is 18.2 Å². The molecule has 3 rings (SSSR count). The van der Waals surface area contributed by atoms with Crippen molar-refractivity contribution in [2.75, 3.05) is 12.3 Å². The molecule has 2 aromatic rings. The molecule has 1 aliphatic rings. The second-order valence-corrected chi connectivity index (χ2v) is 8.06. The topological polar surface area (TPSA) is 85.5 Å². The molecule has 6 nitrogen and oxygen atoms in total. The molecule has 136 valence electrons. The largest absolute Gasteiger partial charge is 0.443 e. The van der Waals surface area contributed by atoms with Crippen LogP contribution >= 0.6 is 15.9 Å². The maximum atomic E-state index is 12.7. The lowest BCUT2D eigenvalue weighted by atomic mass is 9.94. The molecular formula is C19H20BrN3O3. The van der Waals surface area contributed by atoms with Gasteiger partial charge in [-0.2, -0.15) is 0 Å². The molecule has 0 fully saturated rings. The van der Waals surface area contributed by atoms with E-state index in [2.05, 4.69) is 20.9 Å². The molecule has 0 bridgehead atoms. The van der Waals surface area contributed by atoms with Crippen molar-refractivity contribution in [2.24, 2.45) is 0 Å². The SMILES string of the molecule is CC(C)(C)OC(=O)N1CCc2cc(-c3cc(Br)cnc3N)ccc2C1=O. The third-order valence-electron chi connectivity index (χ3n) is 4.00. The van der Waals surface area contributed by atoms with Crippen LogP contribution in [0.3, 0.4) is 0 Å². The molecule has 2 N–H and O–H groups in total. The number of benzene rings is 1. The second-order valence-electron chi connectivity index (χ2n) is 7.15. The molecule has 0 saturated carbocycles. The van der Waals surface area contributed by atoms with Crippen molar-refractivity contribution in [3.05, 3.63) is 46.1 Å². The highest BCUT2D eigenvalue weighted by atomic mass is 79.9. The summed E-state index contributed by atoms with van der Waals surface area (Å²) in [5.41, 5.74) is 8.40. The second kappa shape index (κ2) is 6.72. The highest BCUT2D eigenvalue weighted by molar-refractivity contribution is 9.10. The Kier molecular flexibility index (Phi) is 4.75. The van der Waals surface area contributed by atoms with Gasteiger partial charge in [0.05, 0.1) is 0 Å². The Morgan fingerprint density at radius 3 is 2.69 bits per heavy atom. The van der Waals surface area contributed by atoms with Gasteiger partial charge in [-0.05, 0) is 66.4 Å². The van der Waals surface area contributed by atoms with E-state index >= 15 is 0 Å². The van der Waals surface area contributed by atoms with Crippen molar-refractivity contribution in [3.8, 4) is 11.1 Å². The lowest BCUT2D eigenvalue weighted by molar-refractivity contribution is 0.0233. The van der Waals surface area contributed by atoms with Gasteiger partial charge in [-0.3, -0.25) is 4.79 Å². The molecule has 1 aromatic heterocycles. The maximum absolute atomic E-state index is 12.7. The quantitative estimate of drug-likeness (QED) is 0.756. The predicted octanol–water partition coefficient (Wildman–Crippen LogP) is 4.03. The number of hydrogen-bond acceptors (Lipinski definition) is 5. The third-order valence-corrected chi connectivity index (χ3v) is 4.43. The van der Waals surface area contributed by atoms with Gasteiger partial charge in [-0.25, -0.2) is 14.7 Å². The van der Waals surface area contributed by atoms with Gasteiger partial charge in [0, 0.05) is 28.3 Å². The number of amides is 2. The average molecular weight is 418 g/mol. The number of imide groups is 1. The Balaban J connectivity index is 1.90. The molecule has 0 atom stereocenters. The normalized spacial score (nSPS) is 14.2. The van der Waals surface area contributed by atoms with Gasteiger partial charge < -0.3 is 10.5 Å². The number of anilines is 1. The van der Waals surface area contributed by atoms with Gasteiger partial charge in [0.2, 0.25) is 0 Å². The van der Waals surface area contributed by atoms with E-state index in [0.29, 0.717) is 17.8 Å². The van der Waals surface area contributed by atoms with Gasteiger partial charge in [-0.1, -0.05) is 12.1 Å². The van der Waals surface area contributed by atoms with E-state index in [9.17, 15) is 9.59 Å². The van der Waals surface area contributed by atoms with Crippen LogP contribution in [0.25, 0.3) is 11.1 Å². The van der Waals surface area contributed by atoms with Crippen molar-refractivity contribution in [1.29, 1.82) is 0 Å². The number of hydrogen-bond donors (Lipinski definition) is 1. The summed E-state index contributed by atoms with van der Waals surface area (Å²) >= 11 is 3.40. The van der Waals surface area contributed by atoms with Crippen molar-refractivity contribution in [1.82, 2.24) is 9.88 Å². The molecule has 1 aromatic carbocycles. The minimum Gasteiger partial charge on any atom is -0.443 e. The molecule has 1 aliphatic heterocycles. The summed E-state index contributed by atoms with van der Waals surface area (Å²) in [5, 5.41) is 0. The highest BCUT2D eigenvalue weighted by Gasteiger charge is 2.32. The van der Waals surface area contributed by atoms with Gasteiger partial charge in [-0.15, -0.1) is 0 Å². The minimum absolute atomic E-state index is 0.288. The first-order chi connectivity index (χ1) is 12.2. The fourth-order valence-corrected chi connectivity index (χ4v) is 3.16. The molecule has 0 radical (unpaired) electrons. The van der Waals surface area contributed by atoms with Crippen LogP contribution in [0, 0.1) is 0 Å². The summed E-state index contributed by atoms with van der Waals surface area (Å²) in [6.07, 6.45) is 1.59. The van der Waals surface area contributed by atoms with Crippen LogP contribution in [0.2, 0.25) is 0 Å². The Labute approximate surface area is 160 Å². The van der Waals surface area contributed by atoms with Crippen LogP contribution in [-0.4, -0.2) is 34.0 Å². The van der Waals surface area contributed by atoms with E-state index in [1.165, 1.54) is 0 Å². The van der Waals surface area contributed by atoms with Gasteiger partial charge in [0.25, 0.3) is 5.91 Å². The van der Waals surface area contributed by atoms with E-state index < -0.39 is 11.7 Å². The summed E-state index contributed by atoms with van der Waals surface area (Å²) in [4.78, 5) is 30.3. The number of rotatable bonds is 1. The maximum Gasteiger partial charge on any atom is 0.417 e. The zero-order valence-corrected chi connectivity index (χ0v) is 16.5. The van der Waals surface area contributed by atoms with Crippen LogP contribution in [0.1, 0.15) is 36.7 Å². The van der Waals surface area contributed by atoms with Crippen molar-refractivity contribution in [2.45, 2.75) is 32.8 Å². The van der Waals surface area contributed by atoms with E-state index in [0.717, 1.165) is 26.1 Å². The number of carbonyl (C=O) groups excluding carboxylic acids is 2. The predicted molar refractivity (Wildman–Crippen MR) is 103 cm³/mol. The first kappa shape index (κ1) is 18.4. The molecular weight excluding hydrogens is 398 g/mol. The molecule has 0 saturated heterocycles. The van der Waals surface area contributed by atoms with Crippen LogP contribution in [0.5, 0.6) is 0 Å². The van der Waals surface area contributed by atoms with E-state index in [4.69, 9.17) is 10.5 Å². The highest BCUT2D eigenvalue weighted by Crippen LogP contribution is 2.31. The van der Waals surface area contributed by atoms with Crippen LogP contribution in [0.4, 0.5) is 10.6 Å². The molecule has 0 spiro atoms. The third kappa shape index (κ3) is 3.72. The Bertz CT molecular complexity index is 890. The van der Waals surface area contributed by atoms with Crippen molar-refractivity contribution < 1.29 is 14.3 Å². The van der Waals surface area contributed by atoms with Crippen molar-refractivity contribution in [3.63, 3.8) is 0 Å². The molecule has 0 unspecified atom stereocenters. The number of ether oxygens (including phenoxy) is 1. The smallest absolute Gasteiger partial charge is 0.417 e. The zero-order chi connectivity index (χ0) is 19.1. The summed E-state index contributed by atoms with van der Waals surface area (Å²) in [5.74, 6) is 0.0815. The number of fused-ring (bicyclic) bond motifs is 1. The molecule has 2 amide bonds. The Hall–Kier alpha value is -2.41. The standard InChI is InChI=1S/C19H20BrN3O3/c1-19(2,3)26-18(25)23-7-6-12-8-11(4-5-14(12)17(23)24)15-9-13(20)10-22-16(15)21/h4-5,8-10H,6-7H2,1-3H3,(H2,21,22). The number of nitrogens with two attached hydrogens (primary N) is 1. The molecule has 7 heteroatoms. The Morgan fingerprint density at radius 1 is 1.27 bits per heavy atom. The lowest BCUT2D eigenvalue weighted by Crippen LogP contribution is -2.44. The summed E-state index contributed by atoms with van der Waals surface area (Å²) < 4.78 is 6.15. The van der Waals surface area contributed by atoms with Crippen molar-refractivity contribution >= 4 is 33.7 Å². The summed E-state index contributed by atoms with van der Waals surface area (Å²) in [6.45, 7) is 5.61. The van der Waals surface area contributed by atoms with E-state index in [1.54, 1.807) is 33.0 Å². The number of aromatic nitrogens is 1. The van der Waals surface area contributed by atoms with Crippen LogP contribution < -0.4 is 5.73 Å². The molecule has 0 aliphatic carbocycles. The van der Waals surface area contributed by atoms with Gasteiger partial charge in [0.1, 0.15) is 11.4 Å². The van der Waals surface area contributed by atoms with Crippen LogP contribution in [0.15, 0.2) is 34.9 Å². The minimum atomic E-state index is -0.646. The lowest BCUT2D eigenvalue weighted by Gasteiger charge is -2.29. The number of halogens is 1. The number of nitrogen functional groups attached to an aromatic ring is 1. The summed E-state index contributed by atoms with van der Waals surface area (Å²) in [7, 11) is 0. The Morgan fingerprint density at radius 2 is 2.00 bits per heavy atom. The first-order valence-corrected chi connectivity index (χ1v) is 9.04. The van der Waals surface area contributed by atoms with E-state index in [-0.39, 0.29) is 12.5 Å². The van der Waals surface area contributed by atoms with Gasteiger partial charge >= 0.3 is 6.09 Å². The number of nitrogens with zero attached hydrogens (tertiary/aromatic N) is 2. The fourth-order valence-electron chi connectivity index (χ4n) is 2.83.